The Hall–Kier alpha value is -1.77. The molecular formula is C12H14N2O. The molecule has 0 bridgehead atoms. The van der Waals surface area contributed by atoms with E-state index in [1.807, 2.05) is 31.2 Å². The summed E-state index contributed by atoms with van der Waals surface area (Å²) in [6.07, 6.45) is 0. The van der Waals surface area contributed by atoms with Gasteiger partial charge in [0, 0.05) is 17.4 Å². The highest BCUT2D eigenvalue weighted by Crippen LogP contribution is 2.26. The minimum atomic E-state index is 0.0865. The van der Waals surface area contributed by atoms with Crippen molar-refractivity contribution in [3.05, 3.63) is 29.8 Å². The molecule has 2 aromatic rings. The van der Waals surface area contributed by atoms with Gasteiger partial charge in [0.1, 0.15) is 5.82 Å². The zero-order valence-electron chi connectivity index (χ0n) is 8.92. The fraction of sp³-hybridized carbons (Fsp3) is 0.250. The normalized spacial score (nSPS) is 10.5. The first-order valence-corrected chi connectivity index (χ1v) is 5.09. The number of aromatic amines is 1. The van der Waals surface area contributed by atoms with Gasteiger partial charge in [-0.25, -0.2) is 0 Å². The molecule has 0 fully saturated rings. The number of aromatic nitrogens is 1. The van der Waals surface area contributed by atoms with Crippen LogP contribution in [0.2, 0.25) is 0 Å². The number of carbonyl (C=O) groups is 1. The smallest absolute Gasteiger partial charge is 0.164 e. The van der Waals surface area contributed by atoms with E-state index in [0.717, 1.165) is 28.8 Å². The molecule has 2 N–H and O–H groups in total. The molecule has 15 heavy (non-hydrogen) atoms. The van der Waals surface area contributed by atoms with Crippen LogP contribution < -0.4 is 5.32 Å². The van der Waals surface area contributed by atoms with Crippen LogP contribution in [0.1, 0.15) is 24.2 Å². The first-order chi connectivity index (χ1) is 7.24. The van der Waals surface area contributed by atoms with E-state index in [4.69, 9.17) is 0 Å². The quantitative estimate of drug-likeness (QED) is 0.752. The predicted molar refractivity (Wildman–Crippen MR) is 62.5 cm³/mol. The van der Waals surface area contributed by atoms with Gasteiger partial charge in [0.2, 0.25) is 0 Å². The molecule has 0 radical (unpaired) electrons. The molecule has 0 aliphatic heterocycles. The van der Waals surface area contributed by atoms with Crippen molar-refractivity contribution in [3.8, 4) is 0 Å². The number of nitrogens with one attached hydrogen (secondary N) is 2. The number of fused-ring (bicyclic) bond motifs is 1. The third-order valence-electron chi connectivity index (χ3n) is 2.41. The first-order valence-electron chi connectivity index (χ1n) is 5.09. The Labute approximate surface area is 88.5 Å². The molecule has 1 heterocycles. The van der Waals surface area contributed by atoms with Gasteiger partial charge in [-0.15, -0.1) is 0 Å². The van der Waals surface area contributed by atoms with E-state index in [9.17, 15) is 4.79 Å². The van der Waals surface area contributed by atoms with Crippen molar-refractivity contribution in [2.24, 2.45) is 0 Å². The van der Waals surface area contributed by atoms with E-state index in [0.29, 0.717) is 0 Å². The summed E-state index contributed by atoms with van der Waals surface area (Å²) in [5.74, 6) is 0.912. The van der Waals surface area contributed by atoms with Gasteiger partial charge >= 0.3 is 0 Å². The number of benzene rings is 1. The Morgan fingerprint density at radius 2 is 2.13 bits per heavy atom. The standard InChI is InChI=1S/C12H14N2O/c1-3-13-12-11(8(2)15)9-6-4-5-7-10(9)14-12/h4-7,13-14H,3H2,1-2H3. The third-order valence-corrected chi connectivity index (χ3v) is 2.41. The maximum atomic E-state index is 11.6. The largest absolute Gasteiger partial charge is 0.371 e. The average molecular weight is 202 g/mol. The zero-order valence-corrected chi connectivity index (χ0v) is 8.92. The number of Topliss-reactive ketones (excluding diaryl/α,β-unsaturated/α-hetero) is 1. The maximum Gasteiger partial charge on any atom is 0.164 e. The van der Waals surface area contributed by atoms with Crippen LogP contribution in [0.15, 0.2) is 24.3 Å². The lowest BCUT2D eigenvalue weighted by Crippen LogP contribution is -2.02. The summed E-state index contributed by atoms with van der Waals surface area (Å²) in [5, 5.41) is 4.16. The van der Waals surface area contributed by atoms with Gasteiger partial charge in [0.05, 0.1) is 5.56 Å². The highest BCUT2D eigenvalue weighted by atomic mass is 16.1. The number of carbonyl (C=O) groups excluding carboxylic acids is 1. The monoisotopic (exact) mass is 202 g/mol. The van der Waals surface area contributed by atoms with E-state index in [1.54, 1.807) is 6.92 Å². The number of ketones is 1. The number of para-hydroxylation sites is 1. The zero-order chi connectivity index (χ0) is 10.8. The molecule has 3 nitrogen and oxygen atoms in total. The van der Waals surface area contributed by atoms with Gasteiger partial charge in [0.15, 0.2) is 5.78 Å². The minimum absolute atomic E-state index is 0.0865. The molecule has 0 atom stereocenters. The van der Waals surface area contributed by atoms with Crippen LogP contribution in [0.3, 0.4) is 0 Å². The molecule has 0 amide bonds. The van der Waals surface area contributed by atoms with Crippen molar-refractivity contribution < 1.29 is 4.79 Å². The fourth-order valence-corrected chi connectivity index (χ4v) is 1.82. The summed E-state index contributed by atoms with van der Waals surface area (Å²) in [4.78, 5) is 14.8. The molecule has 3 heteroatoms. The van der Waals surface area contributed by atoms with Gasteiger partial charge in [-0.1, -0.05) is 18.2 Å². The molecule has 1 aromatic heterocycles. The SMILES string of the molecule is CCNc1[nH]c2ccccc2c1C(C)=O. The Balaban J connectivity index is 2.69. The lowest BCUT2D eigenvalue weighted by molar-refractivity contribution is 0.102. The van der Waals surface area contributed by atoms with Crippen LogP contribution in [-0.4, -0.2) is 17.3 Å². The van der Waals surface area contributed by atoms with Crippen molar-refractivity contribution in [2.75, 3.05) is 11.9 Å². The summed E-state index contributed by atoms with van der Waals surface area (Å²) in [5.41, 5.74) is 1.76. The van der Waals surface area contributed by atoms with Crippen LogP contribution in [-0.2, 0) is 0 Å². The highest BCUT2D eigenvalue weighted by Gasteiger charge is 2.13. The Kier molecular flexibility index (Phi) is 2.46. The number of rotatable bonds is 3. The lowest BCUT2D eigenvalue weighted by Gasteiger charge is -2.01. The molecule has 0 aliphatic rings. The van der Waals surface area contributed by atoms with Crippen molar-refractivity contribution in [2.45, 2.75) is 13.8 Å². The van der Waals surface area contributed by atoms with Gasteiger partial charge in [-0.3, -0.25) is 4.79 Å². The van der Waals surface area contributed by atoms with E-state index < -0.39 is 0 Å². The summed E-state index contributed by atoms with van der Waals surface area (Å²) in [6.45, 7) is 4.40. The molecule has 0 saturated heterocycles. The molecule has 0 saturated carbocycles. The van der Waals surface area contributed by atoms with Gasteiger partial charge in [0.25, 0.3) is 0 Å². The van der Waals surface area contributed by atoms with Crippen molar-refractivity contribution in [1.29, 1.82) is 0 Å². The van der Waals surface area contributed by atoms with Crippen molar-refractivity contribution in [3.63, 3.8) is 0 Å². The van der Waals surface area contributed by atoms with Crippen LogP contribution in [0, 0.1) is 0 Å². The Morgan fingerprint density at radius 3 is 2.80 bits per heavy atom. The topological polar surface area (TPSA) is 44.9 Å². The van der Waals surface area contributed by atoms with E-state index in [-0.39, 0.29) is 5.78 Å². The maximum absolute atomic E-state index is 11.6. The molecule has 78 valence electrons. The summed E-state index contributed by atoms with van der Waals surface area (Å²) < 4.78 is 0. The molecular weight excluding hydrogens is 188 g/mol. The first kappa shape index (κ1) is 9.77. The van der Waals surface area contributed by atoms with Gasteiger partial charge in [-0.2, -0.15) is 0 Å². The van der Waals surface area contributed by atoms with E-state index in [1.165, 1.54) is 0 Å². The minimum Gasteiger partial charge on any atom is -0.371 e. The molecule has 0 spiro atoms. The fourth-order valence-electron chi connectivity index (χ4n) is 1.82. The summed E-state index contributed by atoms with van der Waals surface area (Å²) >= 11 is 0. The molecule has 2 rings (SSSR count). The number of hydrogen-bond donors (Lipinski definition) is 2. The lowest BCUT2D eigenvalue weighted by atomic mass is 10.1. The Bertz CT molecular complexity index is 499. The average Bonchev–Trinajstić information content (AvgIpc) is 2.56. The van der Waals surface area contributed by atoms with Gasteiger partial charge in [-0.05, 0) is 19.9 Å². The number of anilines is 1. The molecule has 0 aliphatic carbocycles. The van der Waals surface area contributed by atoms with Crippen molar-refractivity contribution >= 4 is 22.5 Å². The summed E-state index contributed by atoms with van der Waals surface area (Å²) in [7, 11) is 0. The Morgan fingerprint density at radius 1 is 1.40 bits per heavy atom. The van der Waals surface area contributed by atoms with Crippen LogP contribution in [0.25, 0.3) is 10.9 Å². The second-order valence-corrected chi connectivity index (χ2v) is 3.51. The second-order valence-electron chi connectivity index (χ2n) is 3.51. The van der Waals surface area contributed by atoms with Gasteiger partial charge < -0.3 is 10.3 Å². The second kappa shape index (κ2) is 3.77. The summed E-state index contributed by atoms with van der Waals surface area (Å²) in [6, 6.07) is 7.84. The van der Waals surface area contributed by atoms with Crippen LogP contribution >= 0.6 is 0 Å². The molecule has 1 aromatic carbocycles. The van der Waals surface area contributed by atoms with Crippen LogP contribution in [0.5, 0.6) is 0 Å². The number of hydrogen-bond acceptors (Lipinski definition) is 2. The third kappa shape index (κ3) is 1.61. The van der Waals surface area contributed by atoms with E-state index >= 15 is 0 Å². The van der Waals surface area contributed by atoms with E-state index in [2.05, 4.69) is 10.3 Å². The van der Waals surface area contributed by atoms with Crippen molar-refractivity contribution in [1.82, 2.24) is 4.98 Å². The molecule has 0 unspecified atom stereocenters. The number of H-pyrrole nitrogens is 1. The predicted octanol–water partition coefficient (Wildman–Crippen LogP) is 2.80. The highest BCUT2D eigenvalue weighted by molar-refractivity contribution is 6.11. The van der Waals surface area contributed by atoms with Crippen LogP contribution in [0.4, 0.5) is 5.82 Å².